The van der Waals surface area contributed by atoms with Crippen LogP contribution in [0.25, 0.3) is 10.9 Å². The summed E-state index contributed by atoms with van der Waals surface area (Å²) in [5.74, 6) is 0. The molecule has 0 saturated heterocycles. The molecule has 2 aromatic rings. The lowest BCUT2D eigenvalue weighted by molar-refractivity contribution is 0.110. The third-order valence-corrected chi connectivity index (χ3v) is 6.09. The number of pyridine rings is 1. The highest BCUT2D eigenvalue weighted by Crippen LogP contribution is 2.26. The lowest BCUT2D eigenvalue weighted by atomic mass is 9.94. The Hall–Kier alpha value is -1.45. The zero-order valence-electron chi connectivity index (χ0n) is 17.9. The van der Waals surface area contributed by atoms with Crippen LogP contribution < -0.4 is 0 Å². The molecule has 154 valence electrons. The zero-order chi connectivity index (χ0) is 19.8. The molecule has 1 aromatic heterocycles. The van der Waals surface area contributed by atoms with Crippen molar-refractivity contribution in [2.75, 3.05) is 19.6 Å². The summed E-state index contributed by atoms with van der Waals surface area (Å²) in [5.41, 5.74) is 4.79. The van der Waals surface area contributed by atoms with Gasteiger partial charge in [0.05, 0.1) is 11.6 Å². The monoisotopic (exact) mass is 382 g/mol. The number of rotatable bonds is 11. The average molecular weight is 383 g/mol. The van der Waals surface area contributed by atoms with Crippen LogP contribution in [0.1, 0.15) is 88.1 Å². The fourth-order valence-electron chi connectivity index (χ4n) is 4.34. The number of nitrogens with zero attached hydrogens (tertiary/aromatic N) is 2. The fraction of sp³-hybridized carbons (Fsp3) is 0.640. The molecule has 3 nitrogen and oxygen atoms in total. The number of aromatic nitrogens is 1. The van der Waals surface area contributed by atoms with Gasteiger partial charge in [0.25, 0.3) is 0 Å². The summed E-state index contributed by atoms with van der Waals surface area (Å²) in [5, 5.41) is 12.1. The predicted octanol–water partition coefficient (Wildman–Crippen LogP) is 5.83. The van der Waals surface area contributed by atoms with Crippen molar-refractivity contribution in [3.63, 3.8) is 0 Å². The summed E-state index contributed by atoms with van der Waals surface area (Å²) in [6.45, 7) is 7.42. The van der Waals surface area contributed by atoms with Crippen LogP contribution in [0.2, 0.25) is 0 Å². The van der Waals surface area contributed by atoms with Crippen LogP contribution in [0.4, 0.5) is 0 Å². The van der Waals surface area contributed by atoms with Gasteiger partial charge in [-0.15, -0.1) is 0 Å². The molecular weight excluding hydrogens is 344 g/mol. The van der Waals surface area contributed by atoms with Gasteiger partial charge in [-0.1, -0.05) is 45.6 Å². The second kappa shape index (κ2) is 10.9. The lowest BCUT2D eigenvalue weighted by Crippen LogP contribution is -2.30. The number of hydrogen-bond donors (Lipinski definition) is 1. The van der Waals surface area contributed by atoms with E-state index in [1.165, 1.54) is 68.0 Å². The van der Waals surface area contributed by atoms with Gasteiger partial charge >= 0.3 is 0 Å². The van der Waals surface area contributed by atoms with Crippen molar-refractivity contribution in [1.29, 1.82) is 0 Å². The van der Waals surface area contributed by atoms with E-state index < -0.39 is 6.10 Å². The molecule has 0 spiro atoms. The Bertz CT molecular complexity index is 733. The van der Waals surface area contributed by atoms with E-state index in [-0.39, 0.29) is 0 Å². The standard InChI is InChI=1S/C25H38N2O/c1-3-5-9-15-27(16-10-6-4-2)19-25(28)21-13-14-24-22(18-21)17-20-11-7-8-12-23(20)26-24/h13-14,17-18,25,28H,3-12,15-16,19H2,1-2H3. The Morgan fingerprint density at radius 3 is 2.39 bits per heavy atom. The smallest absolute Gasteiger partial charge is 0.0917 e. The van der Waals surface area contributed by atoms with E-state index in [9.17, 15) is 5.11 Å². The van der Waals surface area contributed by atoms with Crippen LogP contribution >= 0.6 is 0 Å². The van der Waals surface area contributed by atoms with Crippen molar-refractivity contribution in [2.45, 2.75) is 84.2 Å². The Morgan fingerprint density at radius 1 is 0.964 bits per heavy atom. The molecule has 1 N–H and O–H groups in total. The summed E-state index contributed by atoms with van der Waals surface area (Å²) in [7, 11) is 0. The molecule has 28 heavy (non-hydrogen) atoms. The van der Waals surface area contributed by atoms with Gasteiger partial charge in [0.15, 0.2) is 0 Å². The first kappa shape index (κ1) is 21.3. The molecule has 0 saturated carbocycles. The summed E-state index contributed by atoms with van der Waals surface area (Å²) < 4.78 is 0. The minimum atomic E-state index is -0.427. The third kappa shape index (κ3) is 5.78. The maximum Gasteiger partial charge on any atom is 0.0917 e. The molecule has 1 unspecified atom stereocenters. The number of aryl methyl sites for hydroxylation is 2. The van der Waals surface area contributed by atoms with Gasteiger partial charge in [-0.05, 0) is 80.9 Å². The predicted molar refractivity (Wildman–Crippen MR) is 119 cm³/mol. The Morgan fingerprint density at radius 2 is 1.68 bits per heavy atom. The van der Waals surface area contributed by atoms with E-state index in [4.69, 9.17) is 4.98 Å². The van der Waals surface area contributed by atoms with Crippen LogP contribution in [0.5, 0.6) is 0 Å². The third-order valence-electron chi connectivity index (χ3n) is 6.09. The van der Waals surface area contributed by atoms with Crippen molar-refractivity contribution in [3.05, 3.63) is 41.1 Å². The minimum absolute atomic E-state index is 0.427. The minimum Gasteiger partial charge on any atom is -0.387 e. The van der Waals surface area contributed by atoms with E-state index in [0.717, 1.165) is 43.6 Å². The maximum atomic E-state index is 10.9. The first-order chi connectivity index (χ1) is 13.7. The van der Waals surface area contributed by atoms with Crippen LogP contribution in [0.3, 0.4) is 0 Å². The van der Waals surface area contributed by atoms with Crippen molar-refractivity contribution in [3.8, 4) is 0 Å². The van der Waals surface area contributed by atoms with E-state index >= 15 is 0 Å². The van der Waals surface area contributed by atoms with Gasteiger partial charge in [0.1, 0.15) is 0 Å². The molecule has 0 radical (unpaired) electrons. The van der Waals surface area contributed by atoms with Gasteiger partial charge in [0.2, 0.25) is 0 Å². The van der Waals surface area contributed by atoms with Gasteiger partial charge < -0.3 is 10.0 Å². The van der Waals surface area contributed by atoms with Crippen molar-refractivity contribution in [2.24, 2.45) is 0 Å². The molecule has 1 aliphatic carbocycles. The average Bonchev–Trinajstić information content (AvgIpc) is 2.72. The number of fused-ring (bicyclic) bond motifs is 2. The highest BCUT2D eigenvalue weighted by molar-refractivity contribution is 5.80. The van der Waals surface area contributed by atoms with Crippen LogP contribution in [0.15, 0.2) is 24.3 Å². The first-order valence-electron chi connectivity index (χ1n) is 11.5. The van der Waals surface area contributed by atoms with Gasteiger partial charge in [-0.25, -0.2) is 0 Å². The quantitative estimate of drug-likeness (QED) is 0.497. The Balaban J connectivity index is 1.69. The number of aliphatic hydroxyl groups excluding tert-OH is 1. The largest absolute Gasteiger partial charge is 0.387 e. The van der Waals surface area contributed by atoms with E-state index in [0.29, 0.717) is 0 Å². The normalized spacial score (nSPS) is 15.1. The second-order valence-electron chi connectivity index (χ2n) is 8.48. The second-order valence-corrected chi connectivity index (χ2v) is 8.48. The number of hydrogen-bond acceptors (Lipinski definition) is 3. The zero-order valence-corrected chi connectivity index (χ0v) is 17.9. The van der Waals surface area contributed by atoms with Crippen LogP contribution in [-0.4, -0.2) is 34.6 Å². The van der Waals surface area contributed by atoms with Crippen molar-refractivity contribution >= 4 is 10.9 Å². The molecular formula is C25H38N2O. The summed E-state index contributed by atoms with van der Waals surface area (Å²) in [6, 6.07) is 8.65. The maximum absolute atomic E-state index is 10.9. The van der Waals surface area contributed by atoms with Gasteiger partial charge in [-0.3, -0.25) is 4.98 Å². The summed E-state index contributed by atoms with van der Waals surface area (Å²) in [6.07, 6.45) is 11.8. The fourth-order valence-corrected chi connectivity index (χ4v) is 4.34. The highest BCUT2D eigenvalue weighted by atomic mass is 16.3. The molecule has 0 fully saturated rings. The molecule has 0 amide bonds. The SMILES string of the molecule is CCCCCN(CCCCC)CC(O)c1ccc2nc3c(cc2c1)CCCC3. The number of aliphatic hydroxyl groups is 1. The Labute approximate surface area is 171 Å². The molecule has 1 heterocycles. The van der Waals surface area contributed by atoms with Gasteiger partial charge in [-0.2, -0.15) is 0 Å². The molecule has 0 aliphatic heterocycles. The van der Waals surface area contributed by atoms with Crippen LogP contribution in [0, 0.1) is 0 Å². The summed E-state index contributed by atoms with van der Waals surface area (Å²) >= 11 is 0. The molecule has 3 heteroatoms. The highest BCUT2D eigenvalue weighted by Gasteiger charge is 2.16. The van der Waals surface area contributed by atoms with Gasteiger partial charge in [0, 0.05) is 17.6 Å². The van der Waals surface area contributed by atoms with E-state index in [1.807, 2.05) is 0 Å². The topological polar surface area (TPSA) is 36.4 Å². The molecule has 1 aromatic carbocycles. The Kier molecular flexibility index (Phi) is 8.29. The lowest BCUT2D eigenvalue weighted by Gasteiger charge is -2.25. The molecule has 0 bridgehead atoms. The first-order valence-corrected chi connectivity index (χ1v) is 11.5. The van der Waals surface area contributed by atoms with Crippen LogP contribution in [-0.2, 0) is 12.8 Å². The van der Waals surface area contributed by atoms with E-state index in [1.54, 1.807) is 0 Å². The molecule has 1 aliphatic rings. The number of unbranched alkanes of at least 4 members (excludes halogenated alkanes) is 4. The van der Waals surface area contributed by atoms with Crippen molar-refractivity contribution < 1.29 is 5.11 Å². The van der Waals surface area contributed by atoms with E-state index in [2.05, 4.69) is 43.0 Å². The van der Waals surface area contributed by atoms with Crippen molar-refractivity contribution in [1.82, 2.24) is 9.88 Å². The molecule has 3 rings (SSSR count). The number of benzene rings is 1. The summed E-state index contributed by atoms with van der Waals surface area (Å²) in [4.78, 5) is 7.35. The molecule has 1 atom stereocenters.